The summed E-state index contributed by atoms with van der Waals surface area (Å²) in [4.78, 5) is 24.6. The normalized spacial score (nSPS) is 18.3. The van der Waals surface area contributed by atoms with Gasteiger partial charge in [0.05, 0.1) is 5.57 Å². The number of aliphatic hydroxyl groups excluding tert-OH is 1. The van der Waals surface area contributed by atoms with Gasteiger partial charge in [0.15, 0.2) is 5.78 Å². The van der Waals surface area contributed by atoms with Crippen molar-refractivity contribution >= 4 is 18.0 Å². The van der Waals surface area contributed by atoms with Crippen molar-refractivity contribution in [3.63, 3.8) is 0 Å². The highest BCUT2D eigenvalue weighted by atomic mass is 16.3. The van der Waals surface area contributed by atoms with Crippen molar-refractivity contribution in [2.24, 2.45) is 10.7 Å². The topological polar surface area (TPSA) is 92.8 Å². The number of urea groups is 1. The number of aliphatic imine (C=N–C) groups is 1. The van der Waals surface area contributed by atoms with E-state index >= 15 is 0 Å². The van der Waals surface area contributed by atoms with Crippen LogP contribution in [0.5, 0.6) is 0 Å². The van der Waals surface area contributed by atoms with Crippen LogP contribution in [0.4, 0.5) is 4.79 Å². The molecule has 1 aliphatic rings. The molecule has 3 N–H and O–H groups in total. The van der Waals surface area contributed by atoms with E-state index in [-0.39, 0.29) is 17.1 Å². The first-order valence-electron chi connectivity index (χ1n) is 3.90. The maximum atomic E-state index is 11.2. The van der Waals surface area contributed by atoms with Gasteiger partial charge < -0.3 is 10.8 Å². The summed E-state index contributed by atoms with van der Waals surface area (Å²) in [6.07, 6.45) is 2.49. The van der Waals surface area contributed by atoms with Crippen LogP contribution in [-0.4, -0.2) is 23.1 Å². The van der Waals surface area contributed by atoms with Crippen molar-refractivity contribution in [2.45, 2.75) is 19.3 Å². The van der Waals surface area contributed by atoms with Crippen LogP contribution in [0, 0.1) is 0 Å². The van der Waals surface area contributed by atoms with Gasteiger partial charge in [0.25, 0.3) is 0 Å². The lowest BCUT2D eigenvalue weighted by molar-refractivity contribution is -0.115. The summed E-state index contributed by atoms with van der Waals surface area (Å²) in [5.41, 5.74) is 4.85. The van der Waals surface area contributed by atoms with E-state index in [9.17, 15) is 14.7 Å². The quantitative estimate of drug-likeness (QED) is 0.584. The number of Topliss-reactive ketones (excluding diaryl/α,β-unsaturated/α-hetero) is 1. The predicted molar refractivity (Wildman–Crippen MR) is 46.6 cm³/mol. The standard InChI is InChI=1S/C8H10N2O3/c9-8(13)10-4-5-6(11)2-1-3-7(5)12/h4,11H,1-3H2,(H2,9,13)/b10-4+. The highest BCUT2D eigenvalue weighted by Gasteiger charge is 2.18. The number of nitrogens with two attached hydrogens (primary N) is 1. The smallest absolute Gasteiger partial charge is 0.338 e. The van der Waals surface area contributed by atoms with Crippen LogP contribution >= 0.6 is 0 Å². The molecule has 0 atom stereocenters. The molecule has 0 aromatic heterocycles. The van der Waals surface area contributed by atoms with Gasteiger partial charge in [-0.3, -0.25) is 4.79 Å². The van der Waals surface area contributed by atoms with Gasteiger partial charge in [0.2, 0.25) is 0 Å². The Hall–Kier alpha value is -1.65. The molecule has 1 aliphatic carbocycles. The Morgan fingerprint density at radius 2 is 2.23 bits per heavy atom. The van der Waals surface area contributed by atoms with Gasteiger partial charge >= 0.3 is 6.03 Å². The summed E-state index contributed by atoms with van der Waals surface area (Å²) < 4.78 is 0. The number of primary amides is 1. The van der Waals surface area contributed by atoms with Gasteiger partial charge in [0.1, 0.15) is 5.76 Å². The molecule has 0 spiro atoms. The molecule has 0 saturated heterocycles. The van der Waals surface area contributed by atoms with E-state index in [1.807, 2.05) is 0 Å². The first kappa shape index (κ1) is 9.44. The van der Waals surface area contributed by atoms with Gasteiger partial charge in [-0.1, -0.05) is 0 Å². The highest BCUT2D eigenvalue weighted by Crippen LogP contribution is 2.18. The number of amides is 2. The maximum absolute atomic E-state index is 11.2. The van der Waals surface area contributed by atoms with Crippen molar-refractivity contribution in [3.8, 4) is 0 Å². The molecule has 0 unspecified atom stereocenters. The summed E-state index contributed by atoms with van der Waals surface area (Å²) in [5.74, 6) is -0.213. The van der Waals surface area contributed by atoms with E-state index in [1.165, 1.54) is 0 Å². The van der Waals surface area contributed by atoms with E-state index in [1.54, 1.807) is 0 Å². The minimum atomic E-state index is -0.876. The number of hydrogen-bond acceptors (Lipinski definition) is 3. The van der Waals surface area contributed by atoms with Crippen LogP contribution in [0.25, 0.3) is 0 Å². The lowest BCUT2D eigenvalue weighted by Crippen LogP contribution is -2.14. The molecule has 0 heterocycles. The van der Waals surface area contributed by atoms with Crippen LogP contribution in [0.1, 0.15) is 19.3 Å². The molecule has 0 aromatic rings. The van der Waals surface area contributed by atoms with Crippen LogP contribution in [-0.2, 0) is 4.79 Å². The number of nitrogens with zero attached hydrogens (tertiary/aromatic N) is 1. The van der Waals surface area contributed by atoms with Gasteiger partial charge in [0, 0.05) is 19.1 Å². The van der Waals surface area contributed by atoms with Gasteiger partial charge in [-0.2, -0.15) is 0 Å². The molecule has 2 amide bonds. The molecule has 1 rings (SSSR count). The predicted octanol–water partition coefficient (Wildman–Crippen LogP) is 0.701. The average Bonchev–Trinajstić information content (AvgIpc) is 2.03. The van der Waals surface area contributed by atoms with Gasteiger partial charge in [-0.05, 0) is 6.42 Å². The largest absolute Gasteiger partial charge is 0.512 e. The summed E-state index contributed by atoms with van der Waals surface area (Å²) in [6, 6.07) is -0.876. The van der Waals surface area contributed by atoms with Crippen molar-refractivity contribution in [1.29, 1.82) is 0 Å². The summed E-state index contributed by atoms with van der Waals surface area (Å²) in [6.45, 7) is 0. The molecule has 70 valence electrons. The second-order valence-electron chi connectivity index (χ2n) is 2.73. The Balaban J connectivity index is 2.86. The zero-order valence-corrected chi connectivity index (χ0v) is 6.99. The number of carbonyl (C=O) groups excluding carboxylic acids is 2. The molecule has 0 bridgehead atoms. The zero-order valence-electron chi connectivity index (χ0n) is 6.99. The average molecular weight is 182 g/mol. The fraction of sp³-hybridized carbons (Fsp3) is 0.375. The number of aliphatic hydroxyl groups is 1. The van der Waals surface area contributed by atoms with Crippen LogP contribution < -0.4 is 5.73 Å². The zero-order chi connectivity index (χ0) is 9.84. The minimum absolute atomic E-state index is 0.0127. The summed E-state index contributed by atoms with van der Waals surface area (Å²) in [7, 11) is 0. The molecule has 13 heavy (non-hydrogen) atoms. The SMILES string of the molecule is NC(=O)/N=C/C1=C(O)CCCC1=O. The Kier molecular flexibility index (Phi) is 2.79. The molecule has 5 heteroatoms. The first-order chi connectivity index (χ1) is 6.11. The Labute approximate surface area is 75.0 Å². The second kappa shape index (κ2) is 3.84. The van der Waals surface area contributed by atoms with E-state index < -0.39 is 6.03 Å². The Morgan fingerprint density at radius 3 is 2.77 bits per heavy atom. The van der Waals surface area contributed by atoms with Crippen molar-refractivity contribution in [3.05, 3.63) is 11.3 Å². The number of hydrogen-bond donors (Lipinski definition) is 2. The molecule has 0 aromatic carbocycles. The maximum Gasteiger partial charge on any atom is 0.338 e. The molecule has 0 fully saturated rings. The Bertz CT molecular complexity index is 305. The van der Waals surface area contributed by atoms with E-state index in [0.29, 0.717) is 19.3 Å². The molecule has 0 saturated carbocycles. The number of carbonyl (C=O) groups is 2. The third-order valence-electron chi connectivity index (χ3n) is 1.75. The monoisotopic (exact) mass is 182 g/mol. The minimum Gasteiger partial charge on any atom is -0.512 e. The van der Waals surface area contributed by atoms with Gasteiger partial charge in [-0.25, -0.2) is 9.79 Å². The highest BCUT2D eigenvalue weighted by molar-refractivity contribution is 6.15. The second-order valence-corrected chi connectivity index (χ2v) is 2.73. The first-order valence-corrected chi connectivity index (χ1v) is 3.90. The molecular formula is C8H10N2O3. The van der Waals surface area contributed by atoms with Crippen LogP contribution in [0.2, 0.25) is 0 Å². The molecule has 5 nitrogen and oxygen atoms in total. The summed E-state index contributed by atoms with van der Waals surface area (Å²) >= 11 is 0. The van der Waals surface area contributed by atoms with Crippen LogP contribution in [0.15, 0.2) is 16.3 Å². The lowest BCUT2D eigenvalue weighted by Gasteiger charge is -2.10. The van der Waals surface area contributed by atoms with Crippen molar-refractivity contribution < 1.29 is 14.7 Å². The lowest BCUT2D eigenvalue weighted by atomic mass is 9.97. The van der Waals surface area contributed by atoms with Crippen molar-refractivity contribution in [2.75, 3.05) is 0 Å². The van der Waals surface area contributed by atoms with Crippen molar-refractivity contribution in [1.82, 2.24) is 0 Å². The molecule has 0 aliphatic heterocycles. The number of allylic oxidation sites excluding steroid dienone is 2. The molecule has 0 radical (unpaired) electrons. The third-order valence-corrected chi connectivity index (χ3v) is 1.75. The molecular weight excluding hydrogens is 172 g/mol. The fourth-order valence-corrected chi connectivity index (χ4v) is 1.12. The number of ketones is 1. The fourth-order valence-electron chi connectivity index (χ4n) is 1.12. The van der Waals surface area contributed by atoms with Gasteiger partial charge in [-0.15, -0.1) is 0 Å². The summed E-state index contributed by atoms with van der Waals surface area (Å²) in [5, 5.41) is 9.27. The van der Waals surface area contributed by atoms with E-state index in [0.717, 1.165) is 6.21 Å². The Morgan fingerprint density at radius 1 is 1.54 bits per heavy atom. The third kappa shape index (κ3) is 2.40. The van der Waals surface area contributed by atoms with E-state index in [4.69, 9.17) is 5.73 Å². The van der Waals surface area contributed by atoms with Crippen LogP contribution in [0.3, 0.4) is 0 Å². The van der Waals surface area contributed by atoms with E-state index in [2.05, 4.69) is 4.99 Å². The number of rotatable bonds is 1.